The van der Waals surface area contributed by atoms with Gasteiger partial charge in [-0.3, -0.25) is 14.5 Å². The van der Waals surface area contributed by atoms with Crippen molar-refractivity contribution in [1.29, 1.82) is 0 Å². The zero-order valence-electron chi connectivity index (χ0n) is 13.6. The van der Waals surface area contributed by atoms with Crippen molar-refractivity contribution in [3.63, 3.8) is 0 Å². The van der Waals surface area contributed by atoms with E-state index in [4.69, 9.17) is 9.15 Å². The molecule has 0 saturated carbocycles. The number of hydrogen-bond acceptors (Lipinski definition) is 5. The van der Waals surface area contributed by atoms with Crippen molar-refractivity contribution < 1.29 is 9.15 Å². The number of aryl methyl sites for hydroxylation is 1. The van der Waals surface area contributed by atoms with Gasteiger partial charge in [-0.25, -0.2) is 0 Å². The van der Waals surface area contributed by atoms with Crippen LogP contribution in [-0.4, -0.2) is 58.5 Å². The molecule has 0 radical (unpaired) electrons. The summed E-state index contributed by atoms with van der Waals surface area (Å²) in [6.45, 7) is 6.96. The predicted molar refractivity (Wildman–Crippen MR) is 85.7 cm³/mol. The van der Waals surface area contributed by atoms with Crippen LogP contribution in [0.5, 0.6) is 0 Å². The molecule has 2 aromatic rings. The Morgan fingerprint density at radius 1 is 1.17 bits per heavy atom. The molecule has 2 aromatic heterocycles. The van der Waals surface area contributed by atoms with Gasteiger partial charge in [0.2, 0.25) is 0 Å². The molecule has 0 amide bonds. The highest BCUT2D eigenvalue weighted by atomic mass is 16.5. The predicted octanol–water partition coefficient (Wildman–Crippen LogP) is 1.35. The molecule has 2 atom stereocenters. The van der Waals surface area contributed by atoms with Crippen molar-refractivity contribution in [2.75, 3.05) is 32.8 Å². The van der Waals surface area contributed by atoms with Crippen LogP contribution in [0.2, 0.25) is 0 Å². The molecule has 0 N–H and O–H groups in total. The van der Waals surface area contributed by atoms with Crippen molar-refractivity contribution in [3.05, 3.63) is 42.1 Å². The lowest BCUT2D eigenvalue weighted by Gasteiger charge is -2.22. The van der Waals surface area contributed by atoms with Crippen molar-refractivity contribution in [2.45, 2.75) is 19.2 Å². The van der Waals surface area contributed by atoms with Crippen LogP contribution in [0.3, 0.4) is 0 Å². The van der Waals surface area contributed by atoms with Crippen molar-refractivity contribution in [1.82, 2.24) is 19.6 Å². The van der Waals surface area contributed by atoms with Crippen LogP contribution < -0.4 is 0 Å². The lowest BCUT2D eigenvalue weighted by molar-refractivity contribution is 0.0510. The molecule has 0 bridgehead atoms. The number of furan rings is 1. The van der Waals surface area contributed by atoms with E-state index < -0.39 is 0 Å². The van der Waals surface area contributed by atoms with Gasteiger partial charge in [-0.2, -0.15) is 5.10 Å². The van der Waals surface area contributed by atoms with Crippen LogP contribution in [0.1, 0.15) is 11.1 Å². The summed E-state index contributed by atoms with van der Waals surface area (Å²) in [6.07, 6.45) is 8.01. The molecular formula is C17H24N4O2. The SMILES string of the molecule is Cn1cc(CN2CCO[C@H]3CN(Cc4ccoc4)C[C@H]3C2)cn1. The molecule has 23 heavy (non-hydrogen) atoms. The minimum Gasteiger partial charge on any atom is -0.472 e. The van der Waals surface area contributed by atoms with E-state index in [1.54, 1.807) is 6.26 Å². The van der Waals surface area contributed by atoms with Gasteiger partial charge in [0.05, 0.1) is 31.4 Å². The Morgan fingerprint density at radius 2 is 2.04 bits per heavy atom. The quantitative estimate of drug-likeness (QED) is 0.852. The molecule has 6 heteroatoms. The highest BCUT2D eigenvalue weighted by Gasteiger charge is 2.36. The maximum Gasteiger partial charge on any atom is 0.0947 e. The molecule has 4 heterocycles. The molecule has 2 aliphatic heterocycles. The van der Waals surface area contributed by atoms with Crippen LogP contribution in [0, 0.1) is 5.92 Å². The fourth-order valence-corrected chi connectivity index (χ4v) is 3.77. The van der Waals surface area contributed by atoms with E-state index >= 15 is 0 Å². The van der Waals surface area contributed by atoms with Gasteiger partial charge >= 0.3 is 0 Å². The number of rotatable bonds is 4. The Hall–Kier alpha value is -1.63. The second kappa shape index (κ2) is 6.47. The van der Waals surface area contributed by atoms with Gasteiger partial charge in [0.25, 0.3) is 0 Å². The number of likely N-dealkylation sites (tertiary alicyclic amines) is 1. The van der Waals surface area contributed by atoms with Gasteiger partial charge in [-0.1, -0.05) is 0 Å². The number of hydrogen-bond donors (Lipinski definition) is 0. The third kappa shape index (κ3) is 3.49. The summed E-state index contributed by atoms with van der Waals surface area (Å²) in [4.78, 5) is 4.98. The standard InChI is InChI=1S/C17H24N4O2/c1-19-7-15(6-18-19)9-20-3-5-23-17-12-21(11-16(17)10-20)8-14-2-4-22-13-14/h2,4,6-7,13,16-17H,3,5,8-12H2,1H3/t16-,17+/m1/s1. The van der Waals surface area contributed by atoms with E-state index in [0.29, 0.717) is 12.0 Å². The summed E-state index contributed by atoms with van der Waals surface area (Å²) in [5.74, 6) is 0.584. The summed E-state index contributed by atoms with van der Waals surface area (Å²) in [5, 5.41) is 4.27. The fourth-order valence-electron chi connectivity index (χ4n) is 3.77. The Labute approximate surface area is 136 Å². The first-order valence-electron chi connectivity index (χ1n) is 8.31. The minimum absolute atomic E-state index is 0.362. The molecule has 6 nitrogen and oxygen atoms in total. The summed E-state index contributed by atoms with van der Waals surface area (Å²) < 4.78 is 13.2. The first-order valence-corrected chi connectivity index (χ1v) is 8.31. The molecule has 2 aliphatic rings. The summed E-state index contributed by atoms with van der Waals surface area (Å²) in [7, 11) is 1.97. The largest absolute Gasteiger partial charge is 0.472 e. The van der Waals surface area contributed by atoms with Gasteiger partial charge in [-0.15, -0.1) is 0 Å². The van der Waals surface area contributed by atoms with Gasteiger partial charge in [-0.05, 0) is 6.07 Å². The lowest BCUT2D eigenvalue weighted by atomic mass is 10.1. The normalized spacial score (nSPS) is 26.3. The van der Waals surface area contributed by atoms with Gasteiger partial charge in [0.1, 0.15) is 0 Å². The Morgan fingerprint density at radius 3 is 2.83 bits per heavy atom. The summed E-state index contributed by atoms with van der Waals surface area (Å²) in [5.41, 5.74) is 2.52. The van der Waals surface area contributed by atoms with Crippen molar-refractivity contribution in [3.8, 4) is 0 Å². The van der Waals surface area contributed by atoms with Crippen LogP contribution in [0.4, 0.5) is 0 Å². The maximum atomic E-state index is 6.12. The topological polar surface area (TPSA) is 46.7 Å². The van der Waals surface area contributed by atoms with Gasteiger partial charge < -0.3 is 9.15 Å². The van der Waals surface area contributed by atoms with Gasteiger partial charge in [0.15, 0.2) is 0 Å². The monoisotopic (exact) mass is 316 g/mol. The molecule has 0 unspecified atom stereocenters. The maximum absolute atomic E-state index is 6.12. The van der Waals surface area contributed by atoms with Crippen LogP contribution in [0.15, 0.2) is 35.4 Å². The highest BCUT2D eigenvalue weighted by molar-refractivity contribution is 5.07. The Bertz CT molecular complexity index is 624. The van der Waals surface area contributed by atoms with E-state index in [-0.39, 0.29) is 0 Å². The smallest absolute Gasteiger partial charge is 0.0947 e. The molecule has 4 rings (SSSR count). The van der Waals surface area contributed by atoms with Crippen molar-refractivity contribution >= 4 is 0 Å². The molecule has 0 aliphatic carbocycles. The number of fused-ring (bicyclic) bond motifs is 1. The molecule has 2 fully saturated rings. The van der Waals surface area contributed by atoms with Crippen LogP contribution >= 0.6 is 0 Å². The third-order valence-corrected chi connectivity index (χ3v) is 4.84. The molecule has 0 spiro atoms. The zero-order chi connectivity index (χ0) is 15.6. The Kier molecular flexibility index (Phi) is 4.20. The van der Waals surface area contributed by atoms with Crippen molar-refractivity contribution in [2.24, 2.45) is 13.0 Å². The van der Waals surface area contributed by atoms with Gasteiger partial charge in [0, 0.05) is 69.6 Å². The number of ether oxygens (including phenoxy) is 1. The zero-order valence-corrected chi connectivity index (χ0v) is 13.6. The van der Waals surface area contributed by atoms with Crippen LogP contribution in [0.25, 0.3) is 0 Å². The highest BCUT2D eigenvalue weighted by Crippen LogP contribution is 2.25. The lowest BCUT2D eigenvalue weighted by Crippen LogP contribution is -2.32. The second-order valence-corrected chi connectivity index (χ2v) is 6.75. The summed E-state index contributed by atoms with van der Waals surface area (Å²) in [6, 6.07) is 2.05. The average molecular weight is 316 g/mol. The number of aromatic nitrogens is 2. The average Bonchev–Trinajstić information content (AvgIpc) is 3.22. The minimum atomic E-state index is 0.362. The second-order valence-electron chi connectivity index (χ2n) is 6.75. The molecule has 0 aromatic carbocycles. The van der Waals surface area contributed by atoms with E-state index in [9.17, 15) is 0 Å². The van der Waals surface area contributed by atoms with E-state index in [1.165, 1.54) is 11.1 Å². The number of nitrogens with zero attached hydrogens (tertiary/aromatic N) is 4. The molecular weight excluding hydrogens is 292 g/mol. The first-order chi connectivity index (χ1) is 11.3. The molecule has 124 valence electrons. The van der Waals surface area contributed by atoms with E-state index in [2.05, 4.69) is 21.1 Å². The van der Waals surface area contributed by atoms with E-state index in [1.807, 2.05) is 30.3 Å². The van der Waals surface area contributed by atoms with Crippen LogP contribution in [-0.2, 0) is 24.9 Å². The Balaban J connectivity index is 1.36. The summed E-state index contributed by atoms with van der Waals surface area (Å²) >= 11 is 0. The third-order valence-electron chi connectivity index (χ3n) is 4.84. The molecule has 2 saturated heterocycles. The van der Waals surface area contributed by atoms with E-state index in [0.717, 1.165) is 45.9 Å². The first kappa shape index (κ1) is 14.9. The fraction of sp³-hybridized carbons (Fsp3) is 0.588.